The highest BCUT2D eigenvalue weighted by atomic mass is 16.5. The number of ether oxygens (including phenoxy) is 1. The van der Waals surface area contributed by atoms with Crippen molar-refractivity contribution in [2.75, 3.05) is 13.6 Å². The Bertz CT molecular complexity index is 543. The fraction of sp³-hybridized carbons (Fsp3) is 0.647. The Hall–Kier alpha value is -1.02. The first-order valence-corrected chi connectivity index (χ1v) is 7.77. The minimum Gasteiger partial charge on any atom is -0.489 e. The molecular weight excluding hydrogens is 234 g/mol. The van der Waals surface area contributed by atoms with E-state index >= 15 is 0 Å². The van der Waals surface area contributed by atoms with Crippen molar-refractivity contribution in [3.8, 4) is 0 Å². The number of rotatable bonds is 0. The molecule has 1 spiro atoms. The molecule has 2 heterocycles. The third kappa shape index (κ3) is 1.10. The lowest BCUT2D eigenvalue weighted by Gasteiger charge is -2.56. The van der Waals surface area contributed by atoms with Crippen LogP contribution in [-0.4, -0.2) is 30.6 Å². The molecule has 2 heteroatoms. The van der Waals surface area contributed by atoms with Crippen LogP contribution in [0.25, 0.3) is 0 Å². The van der Waals surface area contributed by atoms with Crippen molar-refractivity contribution < 1.29 is 4.74 Å². The normalized spacial score (nSPS) is 46.8. The number of nitrogens with zero attached hydrogens (tertiary/aromatic N) is 1. The van der Waals surface area contributed by atoms with Gasteiger partial charge in [0.25, 0.3) is 0 Å². The summed E-state index contributed by atoms with van der Waals surface area (Å²) >= 11 is 0. The van der Waals surface area contributed by atoms with Crippen molar-refractivity contribution in [3.63, 3.8) is 0 Å². The first-order chi connectivity index (χ1) is 9.30. The Balaban J connectivity index is 1.79. The summed E-state index contributed by atoms with van der Waals surface area (Å²) in [6.45, 7) is 1.24. The smallest absolute Gasteiger partial charge is 0.119 e. The maximum atomic E-state index is 6.40. The topological polar surface area (TPSA) is 12.5 Å². The zero-order chi connectivity index (χ0) is 12.6. The van der Waals surface area contributed by atoms with Gasteiger partial charge >= 0.3 is 0 Å². The van der Waals surface area contributed by atoms with Gasteiger partial charge in [0.1, 0.15) is 11.9 Å². The van der Waals surface area contributed by atoms with Crippen molar-refractivity contribution >= 4 is 0 Å². The van der Waals surface area contributed by atoms with E-state index in [1.165, 1.54) is 38.0 Å². The van der Waals surface area contributed by atoms with Gasteiger partial charge in [-0.25, -0.2) is 0 Å². The average Bonchev–Trinajstić information content (AvgIpc) is 2.76. The lowest BCUT2D eigenvalue weighted by molar-refractivity contribution is -0.0336. The SMILES string of the molecule is CN1CC[C@]23C4=C5CCC=C4O[C@H]2CC=C[C@H]3[C@H]1C5. The molecule has 19 heavy (non-hydrogen) atoms. The van der Waals surface area contributed by atoms with Gasteiger partial charge in [0.15, 0.2) is 0 Å². The summed E-state index contributed by atoms with van der Waals surface area (Å²) in [5.74, 6) is 1.95. The largest absolute Gasteiger partial charge is 0.489 e. The van der Waals surface area contributed by atoms with Gasteiger partial charge in [0.2, 0.25) is 0 Å². The van der Waals surface area contributed by atoms with Crippen LogP contribution in [0.4, 0.5) is 0 Å². The molecule has 100 valence electrons. The zero-order valence-corrected chi connectivity index (χ0v) is 11.6. The molecule has 5 rings (SSSR count). The van der Waals surface area contributed by atoms with Gasteiger partial charge in [-0.05, 0) is 45.4 Å². The highest BCUT2D eigenvalue weighted by Crippen LogP contribution is 2.64. The van der Waals surface area contributed by atoms with Crippen LogP contribution in [0.3, 0.4) is 0 Å². The molecule has 2 nitrogen and oxygen atoms in total. The molecule has 0 saturated carbocycles. The van der Waals surface area contributed by atoms with Gasteiger partial charge in [-0.3, -0.25) is 0 Å². The Morgan fingerprint density at radius 1 is 1.42 bits per heavy atom. The van der Waals surface area contributed by atoms with E-state index in [1.54, 1.807) is 11.1 Å². The first-order valence-electron chi connectivity index (χ1n) is 7.77. The van der Waals surface area contributed by atoms with Crippen LogP contribution < -0.4 is 0 Å². The minimum absolute atomic E-state index is 0.339. The molecule has 2 saturated heterocycles. The van der Waals surface area contributed by atoms with Gasteiger partial charge in [-0.2, -0.15) is 0 Å². The summed E-state index contributed by atoms with van der Waals surface area (Å²) in [5, 5.41) is 0. The van der Waals surface area contributed by atoms with E-state index < -0.39 is 0 Å². The number of piperidine rings is 1. The molecule has 2 aliphatic heterocycles. The first kappa shape index (κ1) is 10.7. The lowest BCUT2D eigenvalue weighted by Crippen LogP contribution is -2.59. The molecule has 0 aromatic carbocycles. The van der Waals surface area contributed by atoms with Crippen LogP contribution in [0.2, 0.25) is 0 Å². The van der Waals surface area contributed by atoms with Crippen LogP contribution >= 0.6 is 0 Å². The van der Waals surface area contributed by atoms with Crippen LogP contribution in [0, 0.1) is 11.3 Å². The highest BCUT2D eigenvalue weighted by molar-refractivity contribution is 5.50. The van der Waals surface area contributed by atoms with E-state index in [2.05, 4.69) is 30.2 Å². The summed E-state index contributed by atoms with van der Waals surface area (Å²) in [6.07, 6.45) is 13.8. The molecule has 0 N–H and O–H groups in total. The van der Waals surface area contributed by atoms with Gasteiger partial charge in [0.05, 0.1) is 0 Å². The maximum absolute atomic E-state index is 6.40. The summed E-state index contributed by atoms with van der Waals surface area (Å²) in [7, 11) is 2.32. The highest BCUT2D eigenvalue weighted by Gasteiger charge is 2.62. The summed E-state index contributed by atoms with van der Waals surface area (Å²) in [4.78, 5) is 2.60. The quantitative estimate of drug-likeness (QED) is 0.617. The Morgan fingerprint density at radius 2 is 2.37 bits per heavy atom. The van der Waals surface area contributed by atoms with E-state index in [0.717, 1.165) is 6.42 Å². The molecule has 0 amide bonds. The van der Waals surface area contributed by atoms with Crippen LogP contribution in [0.1, 0.15) is 32.1 Å². The summed E-state index contributed by atoms with van der Waals surface area (Å²) in [6, 6.07) is 0.715. The number of hydrogen-bond acceptors (Lipinski definition) is 2. The molecule has 0 radical (unpaired) electrons. The lowest BCUT2D eigenvalue weighted by atomic mass is 9.53. The summed E-state index contributed by atoms with van der Waals surface area (Å²) in [5.41, 5.74) is 3.72. The van der Waals surface area contributed by atoms with E-state index in [1.807, 2.05) is 0 Å². The molecule has 2 fully saturated rings. The predicted octanol–water partition coefficient (Wildman–Crippen LogP) is 3.03. The number of likely N-dealkylation sites (tertiary alicyclic amines) is 1. The van der Waals surface area contributed by atoms with Crippen LogP contribution in [0.5, 0.6) is 0 Å². The summed E-state index contributed by atoms with van der Waals surface area (Å²) < 4.78 is 6.40. The Labute approximate surface area is 114 Å². The molecule has 0 aromatic heterocycles. The standard InChI is InChI=1S/C17H21NO/c1-18-9-8-17-12-5-3-7-15(17)19-14-6-2-4-11(16(14)17)10-13(12)18/h3,5-6,12-13,15H,2,4,7-10H2,1H3/t12-,13+,15-,17+/m0/s1. The van der Waals surface area contributed by atoms with E-state index in [4.69, 9.17) is 4.74 Å². The molecule has 2 bridgehead atoms. The Kier molecular flexibility index (Phi) is 1.89. The van der Waals surface area contributed by atoms with Crippen LogP contribution in [0.15, 0.2) is 35.1 Å². The van der Waals surface area contributed by atoms with E-state index in [-0.39, 0.29) is 0 Å². The molecule has 0 aromatic rings. The van der Waals surface area contributed by atoms with E-state index in [0.29, 0.717) is 23.5 Å². The third-order valence-electron chi connectivity index (χ3n) is 6.29. The van der Waals surface area contributed by atoms with E-state index in [9.17, 15) is 0 Å². The van der Waals surface area contributed by atoms with Gasteiger partial charge in [-0.1, -0.05) is 17.7 Å². The van der Waals surface area contributed by atoms with Gasteiger partial charge < -0.3 is 9.64 Å². The van der Waals surface area contributed by atoms with Crippen molar-refractivity contribution in [2.24, 2.45) is 11.3 Å². The number of allylic oxidation sites excluding steroid dienone is 2. The second kappa shape index (κ2) is 3.35. The van der Waals surface area contributed by atoms with Crippen molar-refractivity contribution in [1.82, 2.24) is 4.90 Å². The molecular formula is C17H21NO. The second-order valence-corrected chi connectivity index (χ2v) is 6.92. The minimum atomic E-state index is 0.339. The van der Waals surface area contributed by atoms with Gasteiger partial charge in [-0.15, -0.1) is 0 Å². The van der Waals surface area contributed by atoms with Crippen LogP contribution in [-0.2, 0) is 4.74 Å². The van der Waals surface area contributed by atoms with Crippen molar-refractivity contribution in [3.05, 3.63) is 35.1 Å². The maximum Gasteiger partial charge on any atom is 0.119 e. The fourth-order valence-electron chi connectivity index (χ4n) is 5.49. The predicted molar refractivity (Wildman–Crippen MR) is 74.5 cm³/mol. The van der Waals surface area contributed by atoms with Crippen molar-refractivity contribution in [2.45, 2.75) is 44.2 Å². The molecule has 5 aliphatic rings. The second-order valence-electron chi connectivity index (χ2n) is 6.92. The Morgan fingerprint density at radius 3 is 3.32 bits per heavy atom. The molecule has 4 atom stereocenters. The third-order valence-corrected chi connectivity index (χ3v) is 6.29. The average molecular weight is 255 g/mol. The monoisotopic (exact) mass is 255 g/mol. The van der Waals surface area contributed by atoms with Crippen molar-refractivity contribution in [1.29, 1.82) is 0 Å². The fourth-order valence-corrected chi connectivity index (χ4v) is 5.49. The number of hydrogen-bond donors (Lipinski definition) is 0. The molecule has 0 unspecified atom stereocenters. The zero-order valence-electron chi connectivity index (χ0n) is 11.6. The molecule has 3 aliphatic carbocycles. The van der Waals surface area contributed by atoms with Gasteiger partial charge in [0, 0.05) is 29.4 Å².